The molecule has 2 amide bonds. The van der Waals surface area contributed by atoms with Gasteiger partial charge in [0, 0.05) is 37.7 Å². The molecule has 9 heteroatoms. The second kappa shape index (κ2) is 11.2. The van der Waals surface area contributed by atoms with E-state index in [1.165, 1.54) is 5.56 Å². The number of amides is 2. The molecule has 1 aliphatic rings. The Bertz CT molecular complexity index is 1580. The maximum Gasteiger partial charge on any atom is 0.293 e. The molecule has 0 bridgehead atoms. The summed E-state index contributed by atoms with van der Waals surface area (Å²) >= 11 is 10.3. The highest BCUT2D eigenvalue weighted by Gasteiger charge is 2.36. The van der Waals surface area contributed by atoms with Crippen molar-refractivity contribution in [1.82, 2.24) is 9.47 Å². The summed E-state index contributed by atoms with van der Waals surface area (Å²) in [6, 6.07) is 20.2. The smallest absolute Gasteiger partial charge is 0.293 e. The molecule has 6 nitrogen and oxygen atoms in total. The Morgan fingerprint density at radius 3 is 2.53 bits per heavy atom. The van der Waals surface area contributed by atoms with Crippen molar-refractivity contribution in [2.45, 2.75) is 13.5 Å². The molecule has 0 N–H and O–H groups in total. The highest BCUT2D eigenvalue weighted by molar-refractivity contribution is 9.10. The summed E-state index contributed by atoms with van der Waals surface area (Å²) in [6.07, 6.45) is 3.66. The fraction of sp³-hybridized carbons (Fsp3) is 0.138. The van der Waals surface area contributed by atoms with E-state index in [0.29, 0.717) is 23.7 Å². The van der Waals surface area contributed by atoms with E-state index >= 15 is 0 Å². The Hall–Kier alpha value is -3.33. The standard InChI is InChI=1S/C29H22BrClN2O4S/c1-18-2-9-23(10-3-18)37-13-12-32-16-20(24-15-21(30)6-11-25(24)32)14-27-28(35)33(29(36)38-27)17-26(34)19-4-7-22(31)8-5-19/h2-11,14-16H,12-13,17H2,1H3/b27-14-. The lowest BCUT2D eigenvalue weighted by atomic mass is 10.1. The Morgan fingerprint density at radius 1 is 1.05 bits per heavy atom. The number of ether oxygens (including phenoxy) is 1. The quantitative estimate of drug-likeness (QED) is 0.154. The van der Waals surface area contributed by atoms with Crippen LogP contribution in [0.3, 0.4) is 0 Å². The van der Waals surface area contributed by atoms with Crippen LogP contribution in [0.4, 0.5) is 4.79 Å². The van der Waals surface area contributed by atoms with Crippen molar-refractivity contribution in [3.05, 3.63) is 104 Å². The van der Waals surface area contributed by atoms with Gasteiger partial charge in [0.1, 0.15) is 12.4 Å². The lowest BCUT2D eigenvalue weighted by molar-refractivity contribution is -0.122. The highest BCUT2D eigenvalue weighted by Crippen LogP contribution is 2.35. The van der Waals surface area contributed by atoms with Crippen molar-refractivity contribution in [3.8, 4) is 5.75 Å². The Kier molecular flexibility index (Phi) is 7.74. The second-order valence-electron chi connectivity index (χ2n) is 8.80. The van der Waals surface area contributed by atoms with Gasteiger partial charge in [-0.1, -0.05) is 45.2 Å². The van der Waals surface area contributed by atoms with Crippen LogP contribution >= 0.6 is 39.3 Å². The van der Waals surface area contributed by atoms with Crippen LogP contribution in [0.15, 0.2) is 82.3 Å². The molecule has 3 aromatic carbocycles. The minimum absolute atomic E-state index is 0.272. The summed E-state index contributed by atoms with van der Waals surface area (Å²) in [7, 11) is 0. The number of hydrogen-bond donors (Lipinski definition) is 0. The third kappa shape index (κ3) is 5.72. The highest BCUT2D eigenvalue weighted by atomic mass is 79.9. The molecule has 0 atom stereocenters. The van der Waals surface area contributed by atoms with Crippen LogP contribution in [0.2, 0.25) is 5.02 Å². The van der Waals surface area contributed by atoms with E-state index in [9.17, 15) is 14.4 Å². The van der Waals surface area contributed by atoms with Gasteiger partial charge in [0.2, 0.25) is 0 Å². The number of ketones is 1. The summed E-state index contributed by atoms with van der Waals surface area (Å²) in [5.74, 6) is -0.0166. The lowest BCUT2D eigenvalue weighted by Crippen LogP contribution is -2.33. The Morgan fingerprint density at radius 2 is 1.79 bits per heavy atom. The van der Waals surface area contributed by atoms with Gasteiger partial charge in [0.25, 0.3) is 11.1 Å². The lowest BCUT2D eigenvalue weighted by Gasteiger charge is -2.11. The Balaban J connectivity index is 1.36. The number of benzene rings is 3. The average molecular weight is 610 g/mol. The zero-order chi connectivity index (χ0) is 26.8. The van der Waals surface area contributed by atoms with Gasteiger partial charge in [0.05, 0.1) is 18.0 Å². The number of nitrogens with zero attached hydrogens (tertiary/aromatic N) is 2. The minimum Gasteiger partial charge on any atom is -0.492 e. The van der Waals surface area contributed by atoms with E-state index in [1.54, 1.807) is 30.3 Å². The molecule has 1 aromatic heterocycles. The largest absolute Gasteiger partial charge is 0.492 e. The van der Waals surface area contributed by atoms with Gasteiger partial charge >= 0.3 is 0 Å². The molecule has 5 rings (SSSR count). The van der Waals surface area contributed by atoms with Gasteiger partial charge in [-0.15, -0.1) is 0 Å². The molecule has 38 heavy (non-hydrogen) atoms. The number of imide groups is 1. The second-order valence-corrected chi connectivity index (χ2v) is 11.1. The van der Waals surface area contributed by atoms with Gasteiger partial charge in [-0.05, 0) is 79.4 Å². The van der Waals surface area contributed by atoms with Crippen LogP contribution in [-0.4, -0.2) is 39.5 Å². The van der Waals surface area contributed by atoms with Crippen molar-refractivity contribution in [2.75, 3.05) is 13.2 Å². The minimum atomic E-state index is -0.485. The van der Waals surface area contributed by atoms with Gasteiger partial charge in [0.15, 0.2) is 5.78 Å². The topological polar surface area (TPSA) is 68.6 Å². The van der Waals surface area contributed by atoms with E-state index in [4.69, 9.17) is 16.3 Å². The molecular weight excluding hydrogens is 588 g/mol. The van der Waals surface area contributed by atoms with Crippen molar-refractivity contribution >= 4 is 73.2 Å². The molecule has 0 spiro atoms. The first-order chi connectivity index (χ1) is 18.3. The molecule has 0 radical (unpaired) electrons. The number of aromatic nitrogens is 1. The molecule has 0 aliphatic carbocycles. The first-order valence-electron chi connectivity index (χ1n) is 11.8. The van der Waals surface area contributed by atoms with E-state index in [-0.39, 0.29) is 17.2 Å². The Labute approximate surface area is 237 Å². The van der Waals surface area contributed by atoms with Crippen LogP contribution in [-0.2, 0) is 11.3 Å². The third-order valence-electron chi connectivity index (χ3n) is 6.12. The molecular formula is C29H22BrClN2O4S. The SMILES string of the molecule is Cc1ccc(OCCn2cc(/C=C3\SC(=O)N(CC(=O)c4ccc(Cl)cc4)C3=O)c3cc(Br)ccc32)cc1. The van der Waals surface area contributed by atoms with E-state index in [0.717, 1.165) is 43.4 Å². The first kappa shape index (κ1) is 26.3. The van der Waals surface area contributed by atoms with Crippen LogP contribution in [0, 0.1) is 6.92 Å². The number of rotatable bonds is 8. The first-order valence-corrected chi connectivity index (χ1v) is 13.8. The number of halogens is 2. The number of thioether (sulfide) groups is 1. The van der Waals surface area contributed by atoms with Gasteiger partial charge in [-0.2, -0.15) is 0 Å². The zero-order valence-electron chi connectivity index (χ0n) is 20.3. The van der Waals surface area contributed by atoms with Crippen LogP contribution in [0.1, 0.15) is 21.5 Å². The molecule has 1 fully saturated rings. The van der Waals surface area contributed by atoms with Crippen LogP contribution in [0.25, 0.3) is 17.0 Å². The van der Waals surface area contributed by atoms with Crippen molar-refractivity contribution in [1.29, 1.82) is 0 Å². The predicted molar refractivity (Wildman–Crippen MR) is 155 cm³/mol. The monoisotopic (exact) mass is 608 g/mol. The summed E-state index contributed by atoms with van der Waals surface area (Å²) in [6.45, 7) is 2.76. The summed E-state index contributed by atoms with van der Waals surface area (Å²) in [5, 5.41) is 0.960. The maximum atomic E-state index is 13.1. The fourth-order valence-corrected chi connectivity index (χ4v) is 5.46. The number of hydrogen-bond acceptors (Lipinski definition) is 5. The number of Topliss-reactive ketones (excluding diaryl/α,β-unsaturated/α-hetero) is 1. The summed E-state index contributed by atoms with van der Waals surface area (Å²) < 4.78 is 8.87. The van der Waals surface area contributed by atoms with E-state index in [2.05, 4.69) is 20.5 Å². The summed E-state index contributed by atoms with van der Waals surface area (Å²) in [4.78, 5) is 39.7. The number of aryl methyl sites for hydroxylation is 1. The van der Waals surface area contributed by atoms with Crippen molar-refractivity contribution in [2.24, 2.45) is 0 Å². The number of carbonyl (C=O) groups is 3. The van der Waals surface area contributed by atoms with Crippen molar-refractivity contribution < 1.29 is 19.1 Å². The van der Waals surface area contributed by atoms with Gasteiger partial charge < -0.3 is 9.30 Å². The number of carbonyl (C=O) groups excluding carboxylic acids is 3. The third-order valence-corrected chi connectivity index (χ3v) is 7.78. The maximum absolute atomic E-state index is 13.1. The molecule has 1 aliphatic heterocycles. The summed E-state index contributed by atoms with van der Waals surface area (Å²) in [5.41, 5.74) is 3.33. The van der Waals surface area contributed by atoms with Crippen molar-refractivity contribution in [3.63, 3.8) is 0 Å². The average Bonchev–Trinajstić information content (AvgIpc) is 3.36. The van der Waals surface area contributed by atoms with Gasteiger partial charge in [-0.25, -0.2) is 0 Å². The molecule has 0 saturated carbocycles. The molecule has 192 valence electrons. The fourth-order valence-electron chi connectivity index (χ4n) is 4.14. The predicted octanol–water partition coefficient (Wildman–Crippen LogP) is 7.36. The molecule has 1 saturated heterocycles. The normalized spacial score (nSPS) is 14.6. The van der Waals surface area contributed by atoms with E-state index < -0.39 is 11.1 Å². The van der Waals surface area contributed by atoms with Crippen LogP contribution < -0.4 is 4.74 Å². The molecule has 4 aromatic rings. The zero-order valence-corrected chi connectivity index (χ0v) is 23.5. The van der Waals surface area contributed by atoms with Crippen LogP contribution in [0.5, 0.6) is 5.75 Å². The van der Waals surface area contributed by atoms with E-state index in [1.807, 2.05) is 55.6 Å². The molecule has 0 unspecified atom stereocenters. The number of fused-ring (bicyclic) bond motifs is 1. The van der Waals surface area contributed by atoms with Gasteiger partial charge in [-0.3, -0.25) is 19.3 Å². The molecule has 2 heterocycles.